The van der Waals surface area contributed by atoms with Gasteiger partial charge in [-0.05, 0) is 18.2 Å². The quantitative estimate of drug-likeness (QED) is 0.596. The van der Waals surface area contributed by atoms with Gasteiger partial charge in [-0.25, -0.2) is 13.1 Å². The molecule has 1 aromatic rings. The molecule has 2 amide bonds. The lowest BCUT2D eigenvalue weighted by molar-refractivity contribution is -0.122. The van der Waals surface area contributed by atoms with Crippen molar-refractivity contribution in [1.29, 1.82) is 0 Å². The first kappa shape index (κ1) is 19.2. The molecule has 1 rings (SSSR count). The van der Waals surface area contributed by atoms with E-state index in [1.807, 2.05) is 0 Å². The highest BCUT2D eigenvalue weighted by Crippen LogP contribution is 2.27. The van der Waals surface area contributed by atoms with Crippen LogP contribution in [0.25, 0.3) is 0 Å². The molecule has 10 heteroatoms. The van der Waals surface area contributed by atoms with Gasteiger partial charge >= 0.3 is 0 Å². The molecular weight excluding hydrogens is 346 g/mol. The summed E-state index contributed by atoms with van der Waals surface area (Å²) < 4.78 is 31.6. The smallest absolute Gasteiger partial charge is 0.257 e. The monoisotopic (exact) mass is 363 g/mol. The Morgan fingerprint density at radius 2 is 1.83 bits per heavy atom. The van der Waals surface area contributed by atoms with E-state index >= 15 is 0 Å². The van der Waals surface area contributed by atoms with Crippen LogP contribution < -0.4 is 20.1 Å². The highest BCUT2D eigenvalue weighted by Gasteiger charge is 2.16. The minimum absolute atomic E-state index is 0.0246. The summed E-state index contributed by atoms with van der Waals surface area (Å²) in [5, 5.41) is 4.83. The molecule has 0 aliphatic carbocycles. The maximum absolute atomic E-state index is 12.1. The van der Waals surface area contributed by atoms with E-state index in [1.54, 1.807) is 0 Å². The van der Waals surface area contributed by atoms with E-state index in [1.165, 1.54) is 32.3 Å². The van der Waals surface area contributed by atoms with Crippen LogP contribution in [0.15, 0.2) is 23.1 Å². The predicted octanol–water partition coefficient (Wildman–Crippen LogP) is -0.121. The zero-order valence-electron chi connectivity index (χ0n) is 12.7. The Labute approximate surface area is 139 Å². The second kappa shape index (κ2) is 8.70. The van der Waals surface area contributed by atoms with Crippen molar-refractivity contribution >= 4 is 33.4 Å². The summed E-state index contributed by atoms with van der Waals surface area (Å²) in [5.41, 5.74) is 0. The summed E-state index contributed by atoms with van der Waals surface area (Å²) in [6.07, 6.45) is 0.0246. The van der Waals surface area contributed by atoms with Crippen LogP contribution in [-0.2, 0) is 19.6 Å². The first-order valence-corrected chi connectivity index (χ1v) is 8.49. The van der Waals surface area contributed by atoms with E-state index in [0.717, 1.165) is 0 Å². The van der Waals surface area contributed by atoms with Gasteiger partial charge in [0.25, 0.3) is 5.91 Å². The molecule has 0 bridgehead atoms. The molecule has 1 aromatic carbocycles. The molecule has 0 heterocycles. The van der Waals surface area contributed by atoms with E-state index in [-0.39, 0.29) is 47.1 Å². The molecule has 0 aliphatic heterocycles. The van der Waals surface area contributed by atoms with Crippen LogP contribution >= 0.6 is 11.6 Å². The number of carbonyl (C=O) groups excluding carboxylic acids is 2. The summed E-state index contributed by atoms with van der Waals surface area (Å²) >= 11 is 5.96. The Hall–Kier alpha value is -1.84. The fraction of sp³-hybridized carbons (Fsp3) is 0.385. The van der Waals surface area contributed by atoms with Crippen molar-refractivity contribution in [3.8, 4) is 5.75 Å². The summed E-state index contributed by atoms with van der Waals surface area (Å²) in [4.78, 5) is 22.1. The van der Waals surface area contributed by atoms with E-state index in [4.69, 9.17) is 16.3 Å². The normalized spacial score (nSPS) is 10.9. The number of hydrogen-bond donors (Lipinski definition) is 3. The molecule has 0 saturated heterocycles. The highest BCUT2D eigenvalue weighted by atomic mass is 35.5. The molecule has 8 nitrogen and oxygen atoms in total. The van der Waals surface area contributed by atoms with Crippen LogP contribution in [0.5, 0.6) is 5.75 Å². The van der Waals surface area contributed by atoms with Gasteiger partial charge in [0, 0.05) is 27.1 Å². The molecule has 0 spiro atoms. The minimum atomic E-state index is -3.79. The maximum Gasteiger partial charge on any atom is 0.257 e. The highest BCUT2D eigenvalue weighted by molar-refractivity contribution is 7.89. The Kier molecular flexibility index (Phi) is 7.27. The summed E-state index contributed by atoms with van der Waals surface area (Å²) in [7, 11) is -0.857. The minimum Gasteiger partial charge on any atom is -0.482 e. The van der Waals surface area contributed by atoms with Gasteiger partial charge in [0.05, 0.1) is 9.92 Å². The van der Waals surface area contributed by atoms with Crippen molar-refractivity contribution in [2.45, 2.75) is 11.3 Å². The molecule has 0 aliphatic rings. The molecule has 0 fully saturated rings. The van der Waals surface area contributed by atoms with Crippen LogP contribution in [0.2, 0.25) is 5.02 Å². The second-order valence-electron chi connectivity index (χ2n) is 4.38. The maximum atomic E-state index is 12.1. The van der Waals surface area contributed by atoms with Gasteiger partial charge in [-0.3, -0.25) is 9.59 Å². The van der Waals surface area contributed by atoms with Crippen molar-refractivity contribution in [2.75, 3.05) is 27.2 Å². The molecule has 0 saturated carbocycles. The Balaban J connectivity index is 2.75. The van der Waals surface area contributed by atoms with E-state index in [9.17, 15) is 18.0 Å². The van der Waals surface area contributed by atoms with Crippen molar-refractivity contribution in [1.82, 2.24) is 15.4 Å². The van der Waals surface area contributed by atoms with Crippen LogP contribution in [0.3, 0.4) is 0 Å². The third kappa shape index (κ3) is 6.05. The summed E-state index contributed by atoms with van der Waals surface area (Å²) in [6.45, 7) is -0.263. The molecule has 3 N–H and O–H groups in total. The van der Waals surface area contributed by atoms with Gasteiger partial charge < -0.3 is 15.4 Å². The first-order valence-electron chi connectivity index (χ1n) is 6.63. The van der Waals surface area contributed by atoms with Crippen LogP contribution in [-0.4, -0.2) is 47.5 Å². The number of nitrogens with one attached hydrogen (secondary N) is 3. The largest absolute Gasteiger partial charge is 0.482 e. The van der Waals surface area contributed by atoms with Crippen molar-refractivity contribution in [3.63, 3.8) is 0 Å². The average Bonchev–Trinajstić information content (AvgIpc) is 2.52. The number of hydrogen-bond acceptors (Lipinski definition) is 5. The van der Waals surface area contributed by atoms with Crippen molar-refractivity contribution < 1.29 is 22.7 Å². The number of halogens is 1. The van der Waals surface area contributed by atoms with Gasteiger partial charge in [0.15, 0.2) is 6.61 Å². The zero-order valence-corrected chi connectivity index (χ0v) is 14.3. The fourth-order valence-corrected chi connectivity index (χ4v) is 2.85. The van der Waals surface area contributed by atoms with Gasteiger partial charge in [0.2, 0.25) is 15.9 Å². The standard InChI is InChI=1S/C13H18ClN3O5S/c1-15-12(18)5-6-17-23(20,21)9-3-4-11(10(14)7-9)22-8-13(19)16-2/h3-4,7,17H,5-6,8H2,1-2H3,(H,15,18)(H,16,19). The molecule has 128 valence electrons. The molecule has 0 radical (unpaired) electrons. The van der Waals surface area contributed by atoms with E-state index in [2.05, 4.69) is 15.4 Å². The number of carbonyl (C=O) groups is 2. The molecule has 0 aromatic heterocycles. The lowest BCUT2D eigenvalue weighted by Crippen LogP contribution is -2.29. The predicted molar refractivity (Wildman–Crippen MR) is 84.9 cm³/mol. The van der Waals surface area contributed by atoms with Gasteiger partial charge in [0.1, 0.15) is 5.75 Å². The Bertz CT molecular complexity index is 678. The third-order valence-electron chi connectivity index (χ3n) is 2.77. The number of sulfonamides is 1. The number of amides is 2. The zero-order chi connectivity index (χ0) is 17.5. The molecule has 0 atom stereocenters. The third-order valence-corrected chi connectivity index (χ3v) is 4.53. The second-order valence-corrected chi connectivity index (χ2v) is 6.55. The summed E-state index contributed by atoms with van der Waals surface area (Å²) in [5.74, 6) is -0.420. The van der Waals surface area contributed by atoms with Crippen molar-refractivity contribution in [2.24, 2.45) is 0 Å². The topological polar surface area (TPSA) is 114 Å². The number of ether oxygens (including phenoxy) is 1. The number of benzene rings is 1. The van der Waals surface area contributed by atoms with Gasteiger partial charge in [-0.2, -0.15) is 0 Å². The molecule has 0 unspecified atom stereocenters. The van der Waals surface area contributed by atoms with Crippen molar-refractivity contribution in [3.05, 3.63) is 23.2 Å². The SMILES string of the molecule is CNC(=O)CCNS(=O)(=O)c1ccc(OCC(=O)NC)c(Cl)c1. The number of rotatable bonds is 8. The van der Waals surface area contributed by atoms with E-state index in [0.29, 0.717) is 0 Å². The number of likely N-dealkylation sites (N-methyl/N-ethyl adjacent to an activating group) is 1. The summed E-state index contributed by atoms with van der Waals surface area (Å²) in [6, 6.07) is 3.87. The molecular formula is C13H18ClN3O5S. The van der Waals surface area contributed by atoms with E-state index < -0.39 is 10.0 Å². The van der Waals surface area contributed by atoms with Gasteiger partial charge in [-0.1, -0.05) is 11.6 Å². The lowest BCUT2D eigenvalue weighted by atomic mass is 10.3. The van der Waals surface area contributed by atoms with Crippen LogP contribution in [0.4, 0.5) is 0 Å². The van der Waals surface area contributed by atoms with Gasteiger partial charge in [-0.15, -0.1) is 0 Å². The average molecular weight is 364 g/mol. The Morgan fingerprint density at radius 1 is 1.17 bits per heavy atom. The van der Waals surface area contributed by atoms with Crippen LogP contribution in [0.1, 0.15) is 6.42 Å². The fourth-order valence-electron chi connectivity index (χ4n) is 1.49. The molecule has 23 heavy (non-hydrogen) atoms. The Morgan fingerprint density at radius 3 is 2.39 bits per heavy atom. The lowest BCUT2D eigenvalue weighted by Gasteiger charge is -2.10. The van der Waals surface area contributed by atoms with Crippen LogP contribution in [0, 0.1) is 0 Å². The first-order chi connectivity index (χ1) is 10.8.